The molecule has 0 amide bonds. The van der Waals surface area contributed by atoms with Crippen molar-refractivity contribution in [1.29, 1.82) is 0 Å². The van der Waals surface area contributed by atoms with Gasteiger partial charge in [0.05, 0.1) is 5.69 Å². The molecule has 0 bridgehead atoms. The summed E-state index contributed by atoms with van der Waals surface area (Å²) >= 11 is 1.88. The van der Waals surface area contributed by atoms with Crippen LogP contribution in [0, 0.1) is 0 Å². The van der Waals surface area contributed by atoms with Crippen molar-refractivity contribution in [2.75, 3.05) is 4.90 Å². The number of para-hydroxylation sites is 3. The fourth-order valence-corrected chi connectivity index (χ4v) is 10.7. The zero-order valence-corrected chi connectivity index (χ0v) is 34.1. The van der Waals surface area contributed by atoms with E-state index in [9.17, 15) is 0 Å². The minimum atomic E-state index is 0.215. The van der Waals surface area contributed by atoms with Gasteiger partial charge in [-0.1, -0.05) is 182 Å². The summed E-state index contributed by atoms with van der Waals surface area (Å²) in [6, 6.07) is 72.7. The number of nitrogens with zero attached hydrogens (tertiary/aromatic N) is 1. The SMILES string of the molecule is C1=CC(N(c2ccc(-c3cccc4c3oc3ccccc34)cc2)c2ccccc2-c2cccc3c2sc2ccccc23)=CC(c2ccc(-c3cccc4ccccc34)cc2)C1. The first-order valence-corrected chi connectivity index (χ1v) is 21.8. The molecule has 2 aromatic heterocycles. The number of thiophene rings is 1. The van der Waals surface area contributed by atoms with E-state index < -0.39 is 0 Å². The molecule has 288 valence electrons. The van der Waals surface area contributed by atoms with Gasteiger partial charge in [-0.3, -0.25) is 0 Å². The Morgan fingerprint density at radius 1 is 0.475 bits per heavy atom. The minimum Gasteiger partial charge on any atom is -0.455 e. The Kier molecular flexibility index (Phi) is 8.53. The molecule has 2 nitrogen and oxygen atoms in total. The number of fused-ring (bicyclic) bond motifs is 7. The van der Waals surface area contributed by atoms with Gasteiger partial charge in [0, 0.05) is 64.9 Å². The van der Waals surface area contributed by atoms with E-state index in [0.29, 0.717) is 0 Å². The first-order chi connectivity index (χ1) is 30.2. The lowest BCUT2D eigenvalue weighted by Gasteiger charge is -2.31. The molecule has 1 aliphatic carbocycles. The number of rotatable bonds is 7. The van der Waals surface area contributed by atoms with E-state index in [2.05, 4.69) is 217 Å². The molecule has 11 aromatic rings. The Balaban J connectivity index is 0.983. The van der Waals surface area contributed by atoms with Gasteiger partial charge >= 0.3 is 0 Å². The Morgan fingerprint density at radius 3 is 1.98 bits per heavy atom. The lowest BCUT2D eigenvalue weighted by molar-refractivity contribution is 0.670. The van der Waals surface area contributed by atoms with Crippen LogP contribution in [0.2, 0.25) is 0 Å². The van der Waals surface area contributed by atoms with Gasteiger partial charge in [-0.2, -0.15) is 0 Å². The van der Waals surface area contributed by atoms with Gasteiger partial charge in [-0.25, -0.2) is 0 Å². The zero-order chi connectivity index (χ0) is 40.3. The standard InChI is InChI=1S/C58H39NOS/c1-2-17-45-39(13-1)14-10-21-46(45)40-31-29-38(30-32-40)42-15-9-16-44(37-42)59(43-35-33-41(34-36-43)47-22-11-23-51-49-19-4-7-27-55(49)60-57(47)51)54-26-6-3-18-48(54)52-24-12-25-53-50-20-5-8-28-56(50)61-58(52)53/h1-14,16-37,42H,15H2. The topological polar surface area (TPSA) is 16.4 Å². The number of anilines is 2. The maximum Gasteiger partial charge on any atom is 0.143 e. The number of furan rings is 1. The van der Waals surface area contributed by atoms with E-state index in [4.69, 9.17) is 4.42 Å². The smallest absolute Gasteiger partial charge is 0.143 e. The number of allylic oxidation sites excluding steroid dienone is 3. The van der Waals surface area contributed by atoms with Crippen LogP contribution in [0.5, 0.6) is 0 Å². The van der Waals surface area contributed by atoms with Gasteiger partial charge in [-0.05, 0) is 75.9 Å². The van der Waals surface area contributed by atoms with E-state index in [1.54, 1.807) is 0 Å². The summed E-state index contributed by atoms with van der Waals surface area (Å²) in [6.45, 7) is 0. The van der Waals surface area contributed by atoms with Gasteiger partial charge in [0.2, 0.25) is 0 Å². The third-order valence-corrected chi connectivity index (χ3v) is 13.6. The minimum absolute atomic E-state index is 0.215. The molecule has 0 radical (unpaired) electrons. The average molecular weight is 798 g/mol. The molecule has 0 aliphatic heterocycles. The molecule has 9 aromatic carbocycles. The predicted molar refractivity (Wildman–Crippen MR) is 260 cm³/mol. The number of benzene rings is 9. The Labute approximate surface area is 358 Å². The number of hydrogen-bond donors (Lipinski definition) is 0. The van der Waals surface area contributed by atoms with Crippen molar-refractivity contribution < 1.29 is 4.42 Å². The van der Waals surface area contributed by atoms with E-state index >= 15 is 0 Å². The van der Waals surface area contributed by atoms with Crippen LogP contribution in [0.25, 0.3) is 86.3 Å². The predicted octanol–water partition coefficient (Wildman–Crippen LogP) is 16.9. The summed E-state index contributed by atoms with van der Waals surface area (Å²) in [5.41, 5.74) is 13.7. The highest BCUT2D eigenvalue weighted by Gasteiger charge is 2.23. The molecule has 1 unspecified atom stereocenters. The van der Waals surface area contributed by atoms with Crippen LogP contribution < -0.4 is 4.90 Å². The largest absolute Gasteiger partial charge is 0.455 e. The second kappa shape index (κ2) is 14.7. The highest BCUT2D eigenvalue weighted by atomic mass is 32.1. The molecule has 0 saturated heterocycles. The molecule has 2 heterocycles. The quantitative estimate of drug-likeness (QED) is 0.160. The summed E-state index contributed by atoms with van der Waals surface area (Å²) < 4.78 is 9.09. The highest BCUT2D eigenvalue weighted by Crippen LogP contribution is 2.46. The van der Waals surface area contributed by atoms with E-state index in [1.807, 2.05) is 17.4 Å². The molecule has 12 rings (SSSR count). The summed E-state index contributed by atoms with van der Waals surface area (Å²) in [6.07, 6.45) is 8.05. The van der Waals surface area contributed by atoms with Crippen molar-refractivity contribution in [1.82, 2.24) is 0 Å². The fourth-order valence-electron chi connectivity index (χ4n) is 9.48. The molecule has 1 aliphatic rings. The van der Waals surface area contributed by atoms with Crippen LogP contribution in [0.1, 0.15) is 17.9 Å². The molecule has 0 fully saturated rings. The average Bonchev–Trinajstić information content (AvgIpc) is 3.91. The third kappa shape index (κ3) is 6.08. The molecular weight excluding hydrogens is 759 g/mol. The maximum absolute atomic E-state index is 6.48. The first-order valence-electron chi connectivity index (χ1n) is 21.0. The molecule has 0 saturated carbocycles. The molecule has 0 spiro atoms. The van der Waals surface area contributed by atoms with Gasteiger partial charge in [0.15, 0.2) is 0 Å². The summed E-state index contributed by atoms with van der Waals surface area (Å²) in [5.74, 6) is 0.215. The second-order valence-electron chi connectivity index (χ2n) is 15.9. The van der Waals surface area contributed by atoms with Crippen LogP contribution >= 0.6 is 11.3 Å². The first kappa shape index (κ1) is 35.5. The van der Waals surface area contributed by atoms with Gasteiger partial charge in [0.1, 0.15) is 11.2 Å². The van der Waals surface area contributed by atoms with Crippen molar-refractivity contribution in [3.8, 4) is 33.4 Å². The van der Waals surface area contributed by atoms with Gasteiger partial charge in [-0.15, -0.1) is 11.3 Å². The third-order valence-electron chi connectivity index (χ3n) is 12.4. The van der Waals surface area contributed by atoms with Crippen molar-refractivity contribution in [2.24, 2.45) is 0 Å². The summed E-state index contributed by atoms with van der Waals surface area (Å²) in [4.78, 5) is 2.46. The van der Waals surface area contributed by atoms with Crippen molar-refractivity contribution in [3.63, 3.8) is 0 Å². The molecular formula is C58H39NOS. The fraction of sp³-hybridized carbons (Fsp3) is 0.0345. The number of hydrogen-bond acceptors (Lipinski definition) is 3. The molecule has 61 heavy (non-hydrogen) atoms. The monoisotopic (exact) mass is 797 g/mol. The van der Waals surface area contributed by atoms with Crippen LogP contribution in [0.3, 0.4) is 0 Å². The van der Waals surface area contributed by atoms with Crippen molar-refractivity contribution in [3.05, 3.63) is 230 Å². The maximum atomic E-state index is 6.48. The molecule has 1 atom stereocenters. The second-order valence-corrected chi connectivity index (χ2v) is 17.0. The Hall–Kier alpha value is -7.46. The Morgan fingerprint density at radius 2 is 1.10 bits per heavy atom. The van der Waals surface area contributed by atoms with Crippen LogP contribution in [-0.4, -0.2) is 0 Å². The van der Waals surface area contributed by atoms with E-state index in [-0.39, 0.29) is 5.92 Å². The van der Waals surface area contributed by atoms with Crippen LogP contribution in [0.15, 0.2) is 229 Å². The lowest BCUT2D eigenvalue weighted by atomic mass is 9.89. The van der Waals surface area contributed by atoms with Crippen LogP contribution in [-0.2, 0) is 0 Å². The Bertz CT molecular complexity index is 3510. The lowest BCUT2D eigenvalue weighted by Crippen LogP contribution is -2.18. The van der Waals surface area contributed by atoms with Crippen molar-refractivity contribution >= 4 is 75.6 Å². The van der Waals surface area contributed by atoms with E-state index in [0.717, 1.165) is 56.6 Å². The molecule has 3 heteroatoms. The normalized spacial score (nSPS) is 14.0. The zero-order valence-electron chi connectivity index (χ0n) is 33.3. The molecule has 0 N–H and O–H groups in total. The summed E-state index contributed by atoms with van der Waals surface area (Å²) in [7, 11) is 0. The highest BCUT2D eigenvalue weighted by molar-refractivity contribution is 7.26. The summed E-state index contributed by atoms with van der Waals surface area (Å²) in [5, 5.41) is 7.42. The van der Waals surface area contributed by atoms with E-state index in [1.165, 1.54) is 58.8 Å². The van der Waals surface area contributed by atoms with Gasteiger partial charge < -0.3 is 9.32 Å². The van der Waals surface area contributed by atoms with Crippen molar-refractivity contribution in [2.45, 2.75) is 12.3 Å². The van der Waals surface area contributed by atoms with Gasteiger partial charge in [0.25, 0.3) is 0 Å². The van der Waals surface area contributed by atoms with Crippen LogP contribution in [0.4, 0.5) is 11.4 Å².